The average molecular weight is 436 g/mol. The molecule has 0 saturated carbocycles. The van der Waals surface area contributed by atoms with Crippen molar-refractivity contribution in [2.24, 2.45) is 0 Å². The van der Waals surface area contributed by atoms with Gasteiger partial charge in [0.05, 0.1) is 11.4 Å². The molecule has 2 N–H and O–H groups in total. The number of rotatable bonds is 5. The monoisotopic (exact) mass is 436 g/mol. The van der Waals surface area contributed by atoms with Crippen LogP contribution in [-0.4, -0.2) is 51.4 Å². The van der Waals surface area contributed by atoms with Gasteiger partial charge in [0.1, 0.15) is 47.1 Å². The number of halogens is 2. The predicted molar refractivity (Wildman–Crippen MR) is 126 cm³/mol. The molecule has 0 amide bonds. The zero-order chi connectivity index (χ0) is 22.4. The van der Waals surface area contributed by atoms with Gasteiger partial charge in [-0.3, -0.25) is 4.72 Å². The largest absolute Gasteiger partial charge is 0.339 e. The number of H-pyrrole nitrogens is 1. The quantitative estimate of drug-likeness (QED) is 0.454. The molecule has 4 rings (SSSR count). The molecule has 154 valence electrons. The molecule has 2 aromatic carbocycles. The highest BCUT2D eigenvalue weighted by Crippen LogP contribution is 2.31. The van der Waals surface area contributed by atoms with Crippen molar-refractivity contribution in [1.29, 1.82) is 0 Å². The Balaban J connectivity index is 1.74. The Morgan fingerprint density at radius 1 is 0.935 bits per heavy atom. The second-order valence-corrected chi connectivity index (χ2v) is 10.5. The van der Waals surface area contributed by atoms with Gasteiger partial charge in [-0.05, 0) is 48.0 Å². The molecule has 2 heterocycles. The predicted octanol–water partition coefficient (Wildman–Crippen LogP) is 0.822. The second-order valence-electron chi connectivity index (χ2n) is 8.09. The summed E-state index contributed by atoms with van der Waals surface area (Å²) in [6.07, 6.45) is 1.36. The molecular weight excluding hydrogens is 419 g/mol. The number of nitrogens with one attached hydrogen (secondary N) is 2. The van der Waals surface area contributed by atoms with Gasteiger partial charge in [-0.1, -0.05) is 6.07 Å². The van der Waals surface area contributed by atoms with Crippen LogP contribution in [0.2, 0.25) is 0 Å². The minimum absolute atomic E-state index is 0.134. The van der Waals surface area contributed by atoms with Gasteiger partial charge in [-0.25, -0.2) is 27.2 Å². The van der Waals surface area contributed by atoms with Crippen LogP contribution in [-0.2, 0) is 10.0 Å². The molecule has 4 aromatic rings. The van der Waals surface area contributed by atoms with Crippen molar-refractivity contribution in [1.82, 2.24) is 15.0 Å². The third kappa shape index (κ3) is 4.07. The van der Waals surface area contributed by atoms with Gasteiger partial charge in [0.15, 0.2) is 0 Å². The highest BCUT2D eigenvalue weighted by molar-refractivity contribution is 7.98. The topological polar surface area (TPSA) is 87.7 Å². The molecule has 0 aliphatic heterocycles. The Hall–Kier alpha value is -3.14. The lowest BCUT2D eigenvalue weighted by Gasteiger charge is -2.21. The van der Waals surface area contributed by atoms with Crippen LogP contribution in [0.1, 0.15) is 0 Å². The van der Waals surface area contributed by atoms with Crippen molar-refractivity contribution in [2.45, 2.75) is 4.45 Å². The Bertz CT molecular complexity index is 1390. The zero-order valence-electron chi connectivity index (χ0n) is 17.1. The summed E-state index contributed by atoms with van der Waals surface area (Å²) < 4.78 is 53.9. The van der Waals surface area contributed by atoms with Gasteiger partial charge in [0.2, 0.25) is 10.0 Å². The summed E-state index contributed by atoms with van der Waals surface area (Å²) in [7, 11) is 0.832. The summed E-state index contributed by atoms with van der Waals surface area (Å²) in [6, 6.07) is 12.0. The van der Waals surface area contributed by atoms with Crippen molar-refractivity contribution >= 4 is 50.3 Å². The number of aromatic amines is 1. The minimum atomic E-state index is -3.76. The Morgan fingerprint density at radius 2 is 1.61 bits per heavy atom. The summed E-state index contributed by atoms with van der Waals surface area (Å²) >= 11 is 0. The Kier molecular flexibility index (Phi) is 5.13. The molecule has 0 atom stereocenters. The van der Waals surface area contributed by atoms with E-state index in [1.165, 1.54) is 54.1 Å². The molecule has 0 aliphatic rings. The maximum atomic E-state index is 14.7. The van der Waals surface area contributed by atoms with Crippen LogP contribution in [0.4, 0.5) is 14.5 Å². The first-order valence-electron chi connectivity index (χ1n) is 9.47. The molecule has 0 aliphatic carbocycles. The Morgan fingerprint density at radius 3 is 2.26 bits per heavy atom. The number of sulfonamides is 1. The van der Waals surface area contributed by atoms with Gasteiger partial charge in [0, 0.05) is 21.1 Å². The first-order chi connectivity index (χ1) is 14.5. The molecule has 0 unspecified atom stereocenters. The number of benzene rings is 2. The van der Waals surface area contributed by atoms with E-state index in [9.17, 15) is 17.2 Å². The van der Waals surface area contributed by atoms with Crippen LogP contribution in [0.25, 0.3) is 33.5 Å². The number of hydrogen-bond donors (Lipinski definition) is 2. The second kappa shape index (κ2) is 7.53. The van der Waals surface area contributed by atoms with Crippen molar-refractivity contribution < 1.29 is 17.2 Å². The highest BCUT2D eigenvalue weighted by Gasteiger charge is 2.29. The summed E-state index contributed by atoms with van der Waals surface area (Å²) in [5, 5.41) is 0.657. The summed E-state index contributed by atoms with van der Waals surface area (Å²) in [5.41, 5.74) is 2.84. The average Bonchev–Trinajstić information content (AvgIpc) is 3.13. The molecule has 0 bridgehead atoms. The molecule has 6 nitrogen and oxygen atoms in total. The summed E-state index contributed by atoms with van der Waals surface area (Å²) in [4.78, 5) is 11.7. The van der Waals surface area contributed by atoms with E-state index in [1.54, 1.807) is 18.2 Å². The maximum absolute atomic E-state index is 14.7. The van der Waals surface area contributed by atoms with E-state index in [0.29, 0.717) is 28.0 Å². The van der Waals surface area contributed by atoms with E-state index in [0.717, 1.165) is 5.56 Å². The lowest BCUT2D eigenvalue weighted by atomic mass is 9.56. The maximum Gasteiger partial charge on any atom is 0.216 e. The number of aromatic nitrogens is 3. The van der Waals surface area contributed by atoms with E-state index >= 15 is 0 Å². The van der Waals surface area contributed by atoms with Gasteiger partial charge in [-0.2, -0.15) is 0 Å². The van der Waals surface area contributed by atoms with Crippen LogP contribution in [0.3, 0.4) is 0 Å². The lowest BCUT2D eigenvalue weighted by Crippen LogP contribution is -2.44. The fourth-order valence-corrected chi connectivity index (χ4v) is 3.76. The number of fused-ring (bicyclic) bond motifs is 1. The first kappa shape index (κ1) is 21.1. The smallest absolute Gasteiger partial charge is 0.216 e. The molecule has 12 heteroatoms. The van der Waals surface area contributed by atoms with E-state index < -0.39 is 20.3 Å². The van der Waals surface area contributed by atoms with E-state index in [-0.39, 0.29) is 11.5 Å². The number of anilines is 1. The van der Waals surface area contributed by atoms with Crippen LogP contribution >= 0.6 is 0 Å². The SMILES string of the molecule is BC(B)(B)S(=O)(=O)Nc1ccc(-c2ncnc3[nH]c(-c4ccc(F)cc4)cc23)cc1F. The first-order valence-corrected chi connectivity index (χ1v) is 11.0. The lowest BCUT2D eigenvalue weighted by molar-refractivity contribution is 0.599. The number of nitrogens with zero attached hydrogens (tertiary/aromatic N) is 2. The summed E-state index contributed by atoms with van der Waals surface area (Å²) in [6.45, 7) is 0. The third-order valence-corrected chi connectivity index (χ3v) is 6.97. The van der Waals surface area contributed by atoms with Crippen LogP contribution < -0.4 is 4.72 Å². The number of hydrogen-bond acceptors (Lipinski definition) is 4. The fourth-order valence-electron chi connectivity index (χ4n) is 3.00. The van der Waals surface area contributed by atoms with Crippen molar-refractivity contribution in [3.05, 3.63) is 66.5 Å². The van der Waals surface area contributed by atoms with Gasteiger partial charge >= 0.3 is 0 Å². The molecule has 0 saturated heterocycles. The third-order valence-electron chi connectivity index (χ3n) is 4.87. The Labute approximate surface area is 180 Å². The molecule has 0 fully saturated rings. The standard InChI is InChI=1S/C19H17B3F2N4O2S/c20-19(21,22)31(29,30)28-15-6-3-11(7-14(15)24)17-13-8-16(27-18(13)26-9-25-17)10-1-4-12(23)5-2-10/h1-9,28H,20-22H2,(H,25,26,27). The molecule has 31 heavy (non-hydrogen) atoms. The van der Waals surface area contributed by atoms with Crippen LogP contribution in [0.15, 0.2) is 54.9 Å². The molecular formula is C19H17B3F2N4O2S. The molecule has 0 radical (unpaired) electrons. The summed E-state index contributed by atoms with van der Waals surface area (Å²) in [5.74, 6) is -1.05. The van der Waals surface area contributed by atoms with Crippen LogP contribution in [0, 0.1) is 11.6 Å². The van der Waals surface area contributed by atoms with Crippen LogP contribution in [0.5, 0.6) is 0 Å². The normalized spacial score (nSPS) is 12.2. The highest BCUT2D eigenvalue weighted by atomic mass is 32.2. The van der Waals surface area contributed by atoms with E-state index in [2.05, 4.69) is 19.7 Å². The molecule has 0 spiro atoms. The zero-order valence-corrected chi connectivity index (χ0v) is 17.9. The van der Waals surface area contributed by atoms with Crippen molar-refractivity contribution in [3.8, 4) is 22.5 Å². The van der Waals surface area contributed by atoms with Gasteiger partial charge in [-0.15, -0.1) is 0 Å². The van der Waals surface area contributed by atoms with E-state index in [1.807, 2.05) is 6.07 Å². The van der Waals surface area contributed by atoms with Gasteiger partial charge < -0.3 is 4.98 Å². The molecule has 2 aromatic heterocycles. The van der Waals surface area contributed by atoms with Crippen molar-refractivity contribution in [2.75, 3.05) is 4.72 Å². The fraction of sp³-hybridized carbons (Fsp3) is 0.0526. The van der Waals surface area contributed by atoms with Gasteiger partial charge in [0.25, 0.3) is 0 Å². The van der Waals surface area contributed by atoms with E-state index in [4.69, 9.17) is 0 Å². The minimum Gasteiger partial charge on any atom is -0.339 e. The van der Waals surface area contributed by atoms with Crippen molar-refractivity contribution in [3.63, 3.8) is 0 Å².